The van der Waals surface area contributed by atoms with E-state index in [0.29, 0.717) is 6.07 Å². The highest BCUT2D eigenvalue weighted by molar-refractivity contribution is 6.00. The molecule has 178 valence electrons. The van der Waals surface area contributed by atoms with Crippen molar-refractivity contribution in [1.29, 1.82) is 0 Å². The summed E-state index contributed by atoms with van der Waals surface area (Å²) in [5.41, 5.74) is 2.81. The van der Waals surface area contributed by atoms with E-state index in [2.05, 4.69) is 0 Å². The number of halogens is 7. The third-order valence-electron chi connectivity index (χ3n) is 4.30. The van der Waals surface area contributed by atoms with Crippen LogP contribution >= 0.6 is 0 Å². The van der Waals surface area contributed by atoms with Gasteiger partial charge in [-0.25, -0.2) is 8.78 Å². The van der Waals surface area contributed by atoms with Gasteiger partial charge in [-0.2, -0.15) is 22.0 Å². The standard InChI is InChI=1S/C17H17F7N4O4/c18-14(19)16(20,21)15(31)27-11(6-25)13(30)26-10-2-1-8(5-9(10)17(22,23)24)28-3-4-32-7-12(28)29/h1-2,5,11,14H,3-4,6-7,25H2,(H,26,30)(H,27,31)/t11-/m0/s1. The van der Waals surface area contributed by atoms with Gasteiger partial charge in [-0.15, -0.1) is 0 Å². The van der Waals surface area contributed by atoms with Crippen LogP contribution in [0.25, 0.3) is 0 Å². The number of anilines is 2. The molecule has 1 aliphatic rings. The highest BCUT2D eigenvalue weighted by Crippen LogP contribution is 2.37. The largest absolute Gasteiger partial charge is 0.418 e. The Bertz CT molecular complexity index is 879. The van der Waals surface area contributed by atoms with Crippen LogP contribution < -0.4 is 21.3 Å². The van der Waals surface area contributed by atoms with E-state index >= 15 is 0 Å². The number of hydrogen-bond acceptors (Lipinski definition) is 5. The molecule has 1 heterocycles. The molecule has 0 spiro atoms. The van der Waals surface area contributed by atoms with Crippen LogP contribution in [0.15, 0.2) is 18.2 Å². The molecule has 1 aliphatic heterocycles. The topological polar surface area (TPSA) is 114 Å². The number of benzene rings is 1. The van der Waals surface area contributed by atoms with Gasteiger partial charge in [0.2, 0.25) is 5.91 Å². The van der Waals surface area contributed by atoms with Crippen LogP contribution in [-0.4, -0.2) is 62.4 Å². The fourth-order valence-electron chi connectivity index (χ4n) is 2.64. The Balaban J connectivity index is 2.27. The minimum atomic E-state index is -5.14. The smallest absolute Gasteiger partial charge is 0.370 e. The van der Waals surface area contributed by atoms with Crippen LogP contribution in [0.5, 0.6) is 0 Å². The molecule has 4 N–H and O–H groups in total. The fraction of sp³-hybridized carbons (Fsp3) is 0.471. The first kappa shape index (κ1) is 25.3. The maximum atomic E-state index is 13.5. The number of alkyl halides is 7. The van der Waals surface area contributed by atoms with Crippen LogP contribution in [0, 0.1) is 0 Å². The van der Waals surface area contributed by atoms with E-state index < -0.39 is 60.1 Å². The van der Waals surface area contributed by atoms with Crippen molar-refractivity contribution in [2.75, 3.05) is 36.5 Å². The SMILES string of the molecule is NC[C@H](NC(=O)C(F)(F)C(F)F)C(=O)Nc1ccc(N2CCOCC2=O)cc1C(F)(F)F. The highest BCUT2D eigenvalue weighted by Gasteiger charge is 2.49. The maximum Gasteiger partial charge on any atom is 0.418 e. The van der Waals surface area contributed by atoms with Crippen LogP contribution in [0.3, 0.4) is 0 Å². The van der Waals surface area contributed by atoms with Gasteiger partial charge >= 0.3 is 18.5 Å². The number of hydrogen-bond donors (Lipinski definition) is 3. The van der Waals surface area contributed by atoms with Crippen molar-refractivity contribution in [1.82, 2.24) is 5.32 Å². The van der Waals surface area contributed by atoms with E-state index in [1.807, 2.05) is 0 Å². The molecule has 1 fully saturated rings. The fourth-order valence-corrected chi connectivity index (χ4v) is 2.64. The molecule has 2 rings (SSSR count). The van der Waals surface area contributed by atoms with Crippen molar-refractivity contribution in [3.63, 3.8) is 0 Å². The van der Waals surface area contributed by atoms with E-state index in [-0.39, 0.29) is 25.4 Å². The second-order valence-electron chi connectivity index (χ2n) is 6.50. The zero-order valence-corrected chi connectivity index (χ0v) is 16.0. The van der Waals surface area contributed by atoms with Crippen molar-refractivity contribution in [3.05, 3.63) is 23.8 Å². The second-order valence-corrected chi connectivity index (χ2v) is 6.50. The van der Waals surface area contributed by atoms with E-state index in [4.69, 9.17) is 10.5 Å². The number of nitrogens with zero attached hydrogens (tertiary/aromatic N) is 1. The van der Waals surface area contributed by atoms with Crippen molar-refractivity contribution in [3.8, 4) is 0 Å². The molecule has 8 nitrogen and oxygen atoms in total. The van der Waals surface area contributed by atoms with Crippen molar-refractivity contribution < 1.29 is 49.9 Å². The Labute approximate surface area is 175 Å². The van der Waals surface area contributed by atoms with E-state index in [9.17, 15) is 45.1 Å². The zero-order chi connectivity index (χ0) is 24.3. The molecular weight excluding hydrogens is 457 g/mol. The Morgan fingerprint density at radius 2 is 1.84 bits per heavy atom. The third kappa shape index (κ3) is 5.64. The van der Waals surface area contributed by atoms with Gasteiger partial charge < -0.3 is 26.0 Å². The molecule has 1 saturated heterocycles. The van der Waals surface area contributed by atoms with E-state index in [1.165, 1.54) is 5.32 Å². The van der Waals surface area contributed by atoms with Gasteiger partial charge in [0.1, 0.15) is 12.6 Å². The van der Waals surface area contributed by atoms with Crippen molar-refractivity contribution >= 4 is 29.1 Å². The molecule has 3 amide bonds. The molecule has 1 atom stereocenters. The number of morpholine rings is 1. The van der Waals surface area contributed by atoms with Gasteiger partial charge in [-0.3, -0.25) is 14.4 Å². The van der Waals surface area contributed by atoms with Gasteiger partial charge in [0.15, 0.2) is 0 Å². The summed E-state index contributed by atoms with van der Waals surface area (Å²) in [6.45, 7) is -1.13. The number of nitrogens with one attached hydrogen (secondary N) is 2. The van der Waals surface area contributed by atoms with Crippen LogP contribution in [0.1, 0.15) is 5.56 Å². The summed E-state index contributed by atoms with van der Waals surface area (Å²) in [7, 11) is 0. The van der Waals surface area contributed by atoms with Crippen molar-refractivity contribution in [2.45, 2.75) is 24.6 Å². The predicted molar refractivity (Wildman–Crippen MR) is 95.2 cm³/mol. The molecule has 0 radical (unpaired) electrons. The first-order valence-corrected chi connectivity index (χ1v) is 8.86. The molecule has 1 aromatic carbocycles. The highest BCUT2D eigenvalue weighted by atomic mass is 19.4. The second kappa shape index (κ2) is 9.68. The number of amides is 3. The molecule has 1 aromatic rings. The first-order valence-electron chi connectivity index (χ1n) is 8.86. The Hall–Kier alpha value is -2.94. The molecule has 0 saturated carbocycles. The maximum absolute atomic E-state index is 13.5. The summed E-state index contributed by atoms with van der Waals surface area (Å²) in [5.74, 6) is -9.70. The summed E-state index contributed by atoms with van der Waals surface area (Å²) >= 11 is 0. The monoisotopic (exact) mass is 474 g/mol. The van der Waals surface area contributed by atoms with Gasteiger partial charge in [-0.05, 0) is 18.2 Å². The van der Waals surface area contributed by atoms with Crippen LogP contribution in [-0.2, 0) is 25.3 Å². The van der Waals surface area contributed by atoms with E-state index in [1.54, 1.807) is 5.32 Å². The number of carbonyl (C=O) groups excluding carboxylic acids is 3. The summed E-state index contributed by atoms with van der Waals surface area (Å²) in [6, 6.07) is 0.449. The number of rotatable bonds is 7. The van der Waals surface area contributed by atoms with Crippen LogP contribution in [0.4, 0.5) is 42.1 Å². The molecule has 15 heteroatoms. The van der Waals surface area contributed by atoms with Gasteiger partial charge in [0, 0.05) is 18.8 Å². The molecule has 32 heavy (non-hydrogen) atoms. The third-order valence-corrected chi connectivity index (χ3v) is 4.30. The zero-order valence-electron chi connectivity index (χ0n) is 16.0. The average molecular weight is 474 g/mol. The molecule has 0 unspecified atom stereocenters. The summed E-state index contributed by atoms with van der Waals surface area (Å²) < 4.78 is 96.2. The normalized spacial score (nSPS) is 16.2. The Morgan fingerprint density at radius 3 is 2.38 bits per heavy atom. The van der Waals surface area contributed by atoms with Gasteiger partial charge in [-0.1, -0.05) is 0 Å². The summed E-state index contributed by atoms with van der Waals surface area (Å²) in [5, 5.41) is 3.06. The molecule has 0 bridgehead atoms. The predicted octanol–water partition coefficient (Wildman–Crippen LogP) is 1.35. The number of carbonyl (C=O) groups is 3. The Morgan fingerprint density at radius 1 is 1.19 bits per heavy atom. The first-order chi connectivity index (χ1) is 14.8. The van der Waals surface area contributed by atoms with Crippen molar-refractivity contribution in [2.24, 2.45) is 5.73 Å². The van der Waals surface area contributed by atoms with E-state index in [0.717, 1.165) is 17.0 Å². The Kier molecular flexibility index (Phi) is 7.66. The lowest BCUT2D eigenvalue weighted by atomic mass is 10.1. The summed E-state index contributed by atoms with van der Waals surface area (Å²) in [6.07, 6.45) is -9.39. The number of nitrogens with two attached hydrogens (primary N) is 1. The lowest BCUT2D eigenvalue weighted by molar-refractivity contribution is -0.170. The minimum absolute atomic E-state index is 0.0124. The number of ether oxygens (including phenoxy) is 1. The molecule has 0 aromatic heterocycles. The van der Waals surface area contributed by atoms with Gasteiger partial charge in [0.25, 0.3) is 11.8 Å². The minimum Gasteiger partial charge on any atom is -0.370 e. The summed E-state index contributed by atoms with van der Waals surface area (Å²) in [4.78, 5) is 36.4. The average Bonchev–Trinajstić information content (AvgIpc) is 2.71. The lowest BCUT2D eigenvalue weighted by Crippen LogP contribution is -2.55. The molecule has 0 aliphatic carbocycles. The van der Waals surface area contributed by atoms with Crippen LogP contribution in [0.2, 0.25) is 0 Å². The lowest BCUT2D eigenvalue weighted by Gasteiger charge is -2.28. The quantitative estimate of drug-likeness (QED) is 0.517. The van der Waals surface area contributed by atoms with Gasteiger partial charge in [0.05, 0.1) is 17.9 Å². The molecular formula is C17H17F7N4O4.